The number of rotatable bonds is 3. The minimum absolute atomic E-state index is 0.195. The van der Waals surface area contributed by atoms with Gasteiger partial charge in [0.05, 0.1) is 0 Å². The number of hydrazine groups is 1. The molecule has 0 aromatic heterocycles. The minimum atomic E-state index is -0.281. The standard InChI is InChI=1S/C11H17N3O/c1-8-5-4-6-10(7-8)14(3)9(2)11(15)13-12/h4-7,9H,12H2,1-3H3,(H,13,15). The number of nitrogens with zero attached hydrogens (tertiary/aromatic N) is 1. The second-order valence-corrected chi connectivity index (χ2v) is 3.63. The van der Waals surface area contributed by atoms with Gasteiger partial charge < -0.3 is 4.90 Å². The van der Waals surface area contributed by atoms with Crippen LogP contribution in [-0.2, 0) is 4.79 Å². The summed E-state index contributed by atoms with van der Waals surface area (Å²) < 4.78 is 0. The van der Waals surface area contributed by atoms with E-state index in [-0.39, 0.29) is 11.9 Å². The lowest BCUT2D eigenvalue weighted by molar-refractivity contribution is -0.122. The third-order valence-electron chi connectivity index (χ3n) is 2.51. The highest BCUT2D eigenvalue weighted by Crippen LogP contribution is 2.16. The van der Waals surface area contributed by atoms with Gasteiger partial charge in [-0.15, -0.1) is 0 Å². The summed E-state index contributed by atoms with van der Waals surface area (Å²) in [6.45, 7) is 3.83. The second kappa shape index (κ2) is 4.79. The van der Waals surface area contributed by atoms with E-state index in [2.05, 4.69) is 5.43 Å². The molecule has 1 aromatic carbocycles. The summed E-state index contributed by atoms with van der Waals surface area (Å²) in [6, 6.07) is 7.70. The van der Waals surface area contributed by atoms with Crippen LogP contribution in [0, 0.1) is 6.92 Å². The SMILES string of the molecule is Cc1cccc(N(C)C(C)C(=O)NN)c1. The van der Waals surface area contributed by atoms with Gasteiger partial charge in [-0.05, 0) is 31.5 Å². The van der Waals surface area contributed by atoms with E-state index in [1.165, 1.54) is 5.56 Å². The normalized spacial score (nSPS) is 12.0. The molecular weight excluding hydrogens is 190 g/mol. The van der Waals surface area contributed by atoms with Crippen LogP contribution in [0.25, 0.3) is 0 Å². The Morgan fingerprint density at radius 1 is 1.53 bits per heavy atom. The van der Waals surface area contributed by atoms with E-state index in [4.69, 9.17) is 5.84 Å². The number of carbonyl (C=O) groups excluding carboxylic acids is 1. The number of hydrogen-bond donors (Lipinski definition) is 2. The van der Waals surface area contributed by atoms with Crippen LogP contribution in [0.15, 0.2) is 24.3 Å². The third kappa shape index (κ3) is 2.70. The van der Waals surface area contributed by atoms with Gasteiger partial charge in [0.25, 0.3) is 5.91 Å². The zero-order valence-corrected chi connectivity index (χ0v) is 9.32. The van der Waals surface area contributed by atoms with Gasteiger partial charge >= 0.3 is 0 Å². The average molecular weight is 207 g/mol. The van der Waals surface area contributed by atoms with Crippen LogP contribution in [0.2, 0.25) is 0 Å². The summed E-state index contributed by atoms with van der Waals surface area (Å²) in [5, 5.41) is 0. The molecule has 15 heavy (non-hydrogen) atoms. The van der Waals surface area contributed by atoms with Crippen LogP contribution >= 0.6 is 0 Å². The molecule has 1 rings (SSSR count). The van der Waals surface area contributed by atoms with E-state index in [0.29, 0.717) is 0 Å². The van der Waals surface area contributed by atoms with E-state index in [9.17, 15) is 4.79 Å². The van der Waals surface area contributed by atoms with Gasteiger partial charge in [-0.3, -0.25) is 10.2 Å². The van der Waals surface area contributed by atoms with Crippen molar-refractivity contribution in [3.8, 4) is 0 Å². The lowest BCUT2D eigenvalue weighted by Gasteiger charge is -2.25. The first-order valence-electron chi connectivity index (χ1n) is 4.86. The lowest BCUT2D eigenvalue weighted by atomic mass is 10.2. The number of likely N-dealkylation sites (N-methyl/N-ethyl adjacent to an activating group) is 1. The van der Waals surface area contributed by atoms with Gasteiger partial charge in [-0.1, -0.05) is 12.1 Å². The van der Waals surface area contributed by atoms with Crippen molar-refractivity contribution in [3.05, 3.63) is 29.8 Å². The third-order valence-corrected chi connectivity index (χ3v) is 2.51. The molecular formula is C11H17N3O. The second-order valence-electron chi connectivity index (χ2n) is 3.63. The van der Waals surface area contributed by atoms with E-state index in [1.807, 2.05) is 50.1 Å². The molecule has 1 atom stereocenters. The van der Waals surface area contributed by atoms with E-state index in [1.54, 1.807) is 0 Å². The molecule has 0 spiro atoms. The molecule has 0 bridgehead atoms. The number of hydrogen-bond acceptors (Lipinski definition) is 3. The van der Waals surface area contributed by atoms with Gasteiger partial charge in [0, 0.05) is 12.7 Å². The van der Waals surface area contributed by atoms with Crippen molar-refractivity contribution in [1.29, 1.82) is 0 Å². The maximum absolute atomic E-state index is 11.3. The number of carbonyl (C=O) groups is 1. The molecule has 0 heterocycles. The minimum Gasteiger partial charge on any atom is -0.363 e. The van der Waals surface area contributed by atoms with Crippen LogP contribution in [0.4, 0.5) is 5.69 Å². The molecule has 0 aliphatic heterocycles. The molecule has 1 aromatic rings. The molecule has 0 saturated heterocycles. The van der Waals surface area contributed by atoms with Gasteiger partial charge in [0.2, 0.25) is 0 Å². The van der Waals surface area contributed by atoms with Gasteiger partial charge in [0.1, 0.15) is 6.04 Å². The number of benzene rings is 1. The number of nitrogens with two attached hydrogens (primary N) is 1. The molecule has 0 saturated carbocycles. The summed E-state index contributed by atoms with van der Waals surface area (Å²) >= 11 is 0. The Labute approximate surface area is 90.0 Å². The highest BCUT2D eigenvalue weighted by atomic mass is 16.2. The van der Waals surface area contributed by atoms with Gasteiger partial charge in [-0.25, -0.2) is 5.84 Å². The maximum atomic E-state index is 11.3. The van der Waals surface area contributed by atoms with Crippen LogP contribution in [0.3, 0.4) is 0 Å². The molecule has 1 unspecified atom stereocenters. The monoisotopic (exact) mass is 207 g/mol. The number of aryl methyl sites for hydroxylation is 1. The fraction of sp³-hybridized carbons (Fsp3) is 0.364. The van der Waals surface area contributed by atoms with Crippen LogP contribution in [0.5, 0.6) is 0 Å². The van der Waals surface area contributed by atoms with Gasteiger partial charge in [0.15, 0.2) is 0 Å². The number of anilines is 1. The fourth-order valence-electron chi connectivity index (χ4n) is 1.37. The first-order valence-corrected chi connectivity index (χ1v) is 4.86. The molecule has 0 radical (unpaired) electrons. The highest BCUT2D eigenvalue weighted by molar-refractivity contribution is 5.84. The largest absolute Gasteiger partial charge is 0.363 e. The topological polar surface area (TPSA) is 58.4 Å². The molecule has 0 aliphatic rings. The van der Waals surface area contributed by atoms with Crippen LogP contribution in [0.1, 0.15) is 12.5 Å². The summed E-state index contributed by atoms with van der Waals surface area (Å²) in [7, 11) is 1.87. The first kappa shape index (κ1) is 11.5. The molecule has 1 amide bonds. The first-order chi connectivity index (χ1) is 7.06. The van der Waals surface area contributed by atoms with Crippen molar-refractivity contribution in [1.82, 2.24) is 5.43 Å². The molecule has 0 fully saturated rings. The maximum Gasteiger partial charge on any atom is 0.256 e. The quantitative estimate of drug-likeness (QED) is 0.438. The van der Waals surface area contributed by atoms with Crippen LogP contribution < -0.4 is 16.2 Å². The Balaban J connectivity index is 2.84. The molecule has 82 valence electrons. The van der Waals surface area contributed by atoms with Crippen molar-refractivity contribution in [2.45, 2.75) is 19.9 Å². The molecule has 4 nitrogen and oxygen atoms in total. The van der Waals surface area contributed by atoms with E-state index >= 15 is 0 Å². The Kier molecular flexibility index (Phi) is 3.68. The van der Waals surface area contributed by atoms with E-state index < -0.39 is 0 Å². The molecule has 4 heteroatoms. The predicted octanol–water partition coefficient (Wildman–Crippen LogP) is 0.810. The van der Waals surface area contributed by atoms with E-state index in [0.717, 1.165) is 5.69 Å². The summed E-state index contributed by atoms with van der Waals surface area (Å²) in [6.07, 6.45) is 0. The number of amides is 1. The Hall–Kier alpha value is -1.55. The molecule has 3 N–H and O–H groups in total. The summed E-state index contributed by atoms with van der Waals surface area (Å²) in [5.74, 6) is 4.90. The summed E-state index contributed by atoms with van der Waals surface area (Å²) in [5.41, 5.74) is 4.32. The Bertz CT molecular complexity index is 351. The zero-order chi connectivity index (χ0) is 11.4. The molecule has 0 aliphatic carbocycles. The van der Waals surface area contributed by atoms with Crippen molar-refractivity contribution in [2.75, 3.05) is 11.9 Å². The summed E-state index contributed by atoms with van der Waals surface area (Å²) in [4.78, 5) is 13.2. The smallest absolute Gasteiger partial charge is 0.256 e. The zero-order valence-electron chi connectivity index (χ0n) is 9.32. The van der Waals surface area contributed by atoms with Crippen molar-refractivity contribution < 1.29 is 4.79 Å². The van der Waals surface area contributed by atoms with Crippen molar-refractivity contribution >= 4 is 11.6 Å². The van der Waals surface area contributed by atoms with Gasteiger partial charge in [-0.2, -0.15) is 0 Å². The lowest BCUT2D eigenvalue weighted by Crippen LogP contribution is -2.46. The average Bonchev–Trinajstić information content (AvgIpc) is 2.26. The Morgan fingerprint density at radius 2 is 2.20 bits per heavy atom. The van der Waals surface area contributed by atoms with Crippen LogP contribution in [-0.4, -0.2) is 19.0 Å². The van der Waals surface area contributed by atoms with Crippen molar-refractivity contribution in [3.63, 3.8) is 0 Å². The van der Waals surface area contributed by atoms with Crippen molar-refractivity contribution in [2.24, 2.45) is 5.84 Å². The predicted molar refractivity (Wildman–Crippen MR) is 61.4 cm³/mol. The number of nitrogens with one attached hydrogen (secondary N) is 1. The highest BCUT2D eigenvalue weighted by Gasteiger charge is 2.16. The fourth-order valence-corrected chi connectivity index (χ4v) is 1.37. The Morgan fingerprint density at radius 3 is 2.73 bits per heavy atom.